The van der Waals surface area contributed by atoms with Gasteiger partial charge in [-0.05, 0) is 31.2 Å². The van der Waals surface area contributed by atoms with Crippen LogP contribution in [-0.2, 0) is 9.53 Å². The SMILES string of the molecule is CNC(=O)NC(=O)COC(=O)c1cccnc1Sc1ccc(C)cc1. The van der Waals surface area contributed by atoms with Gasteiger partial charge in [-0.3, -0.25) is 10.1 Å². The van der Waals surface area contributed by atoms with Gasteiger partial charge >= 0.3 is 12.0 Å². The van der Waals surface area contributed by atoms with Gasteiger partial charge in [-0.25, -0.2) is 14.6 Å². The Morgan fingerprint density at radius 1 is 1.16 bits per heavy atom. The van der Waals surface area contributed by atoms with E-state index in [4.69, 9.17) is 4.74 Å². The highest BCUT2D eigenvalue weighted by Crippen LogP contribution is 2.29. The monoisotopic (exact) mass is 359 g/mol. The summed E-state index contributed by atoms with van der Waals surface area (Å²) in [6, 6.07) is 10.3. The number of hydrogen-bond acceptors (Lipinski definition) is 6. The van der Waals surface area contributed by atoms with Crippen molar-refractivity contribution >= 4 is 29.7 Å². The zero-order valence-corrected chi connectivity index (χ0v) is 14.6. The van der Waals surface area contributed by atoms with E-state index in [2.05, 4.69) is 10.3 Å². The first-order chi connectivity index (χ1) is 12.0. The van der Waals surface area contributed by atoms with Crippen molar-refractivity contribution in [3.8, 4) is 0 Å². The molecule has 8 heteroatoms. The number of carbonyl (C=O) groups is 3. The molecule has 2 aromatic rings. The number of amides is 3. The number of rotatable bonds is 5. The smallest absolute Gasteiger partial charge is 0.341 e. The first kappa shape index (κ1) is 18.5. The van der Waals surface area contributed by atoms with Crippen LogP contribution in [0.2, 0.25) is 0 Å². The lowest BCUT2D eigenvalue weighted by molar-refractivity contribution is -0.123. The number of esters is 1. The minimum absolute atomic E-state index is 0.251. The van der Waals surface area contributed by atoms with Gasteiger partial charge in [-0.1, -0.05) is 29.5 Å². The fourth-order valence-electron chi connectivity index (χ4n) is 1.78. The molecule has 1 aromatic heterocycles. The summed E-state index contributed by atoms with van der Waals surface area (Å²) in [7, 11) is 1.37. The van der Waals surface area contributed by atoms with E-state index < -0.39 is 24.5 Å². The summed E-state index contributed by atoms with van der Waals surface area (Å²) in [6.45, 7) is 1.43. The van der Waals surface area contributed by atoms with Gasteiger partial charge in [0.15, 0.2) is 6.61 Å². The van der Waals surface area contributed by atoms with Crippen molar-refractivity contribution in [3.63, 3.8) is 0 Å². The Morgan fingerprint density at radius 3 is 2.56 bits per heavy atom. The average molecular weight is 359 g/mol. The summed E-state index contributed by atoms with van der Waals surface area (Å²) in [6.07, 6.45) is 1.57. The van der Waals surface area contributed by atoms with E-state index in [0.29, 0.717) is 5.03 Å². The van der Waals surface area contributed by atoms with Crippen molar-refractivity contribution in [1.82, 2.24) is 15.6 Å². The van der Waals surface area contributed by atoms with Crippen LogP contribution in [0.1, 0.15) is 15.9 Å². The van der Waals surface area contributed by atoms with Crippen LogP contribution in [0, 0.1) is 6.92 Å². The second-order valence-corrected chi connectivity index (χ2v) is 6.04. The van der Waals surface area contributed by atoms with Crippen molar-refractivity contribution in [1.29, 1.82) is 0 Å². The number of ether oxygens (including phenoxy) is 1. The topological polar surface area (TPSA) is 97.4 Å². The first-order valence-electron chi connectivity index (χ1n) is 7.38. The van der Waals surface area contributed by atoms with Gasteiger partial charge in [0.1, 0.15) is 5.03 Å². The second-order valence-electron chi connectivity index (χ2n) is 4.97. The fraction of sp³-hybridized carbons (Fsp3) is 0.176. The summed E-state index contributed by atoms with van der Waals surface area (Å²) < 4.78 is 4.95. The van der Waals surface area contributed by atoms with Crippen LogP contribution >= 0.6 is 11.8 Å². The van der Waals surface area contributed by atoms with E-state index in [-0.39, 0.29) is 5.56 Å². The number of aryl methyl sites for hydroxylation is 1. The molecule has 0 unspecified atom stereocenters. The highest BCUT2D eigenvalue weighted by Gasteiger charge is 2.17. The molecule has 2 N–H and O–H groups in total. The molecular formula is C17H17N3O4S. The summed E-state index contributed by atoms with van der Waals surface area (Å²) in [4.78, 5) is 39.9. The number of aromatic nitrogens is 1. The van der Waals surface area contributed by atoms with Crippen molar-refractivity contribution < 1.29 is 19.1 Å². The Morgan fingerprint density at radius 2 is 1.88 bits per heavy atom. The zero-order chi connectivity index (χ0) is 18.2. The van der Waals surface area contributed by atoms with Crippen LogP contribution in [0.5, 0.6) is 0 Å². The molecule has 7 nitrogen and oxygen atoms in total. The molecule has 130 valence electrons. The lowest BCUT2D eigenvalue weighted by Crippen LogP contribution is -2.39. The van der Waals surface area contributed by atoms with Gasteiger partial charge in [-0.15, -0.1) is 0 Å². The highest BCUT2D eigenvalue weighted by atomic mass is 32.2. The van der Waals surface area contributed by atoms with Crippen LogP contribution in [-0.4, -0.2) is 36.5 Å². The molecule has 0 saturated heterocycles. The van der Waals surface area contributed by atoms with Gasteiger partial charge in [0.2, 0.25) is 0 Å². The fourth-order valence-corrected chi connectivity index (χ4v) is 2.65. The summed E-state index contributed by atoms with van der Waals surface area (Å²) >= 11 is 1.32. The Kier molecular flexibility index (Phi) is 6.53. The van der Waals surface area contributed by atoms with Crippen LogP contribution in [0.4, 0.5) is 4.79 Å². The van der Waals surface area contributed by atoms with E-state index in [0.717, 1.165) is 10.5 Å². The third-order valence-electron chi connectivity index (χ3n) is 3.04. The van der Waals surface area contributed by atoms with Crippen molar-refractivity contribution in [2.24, 2.45) is 0 Å². The minimum Gasteiger partial charge on any atom is -0.452 e. The number of hydrogen-bond donors (Lipinski definition) is 2. The normalized spacial score (nSPS) is 10.0. The van der Waals surface area contributed by atoms with Crippen LogP contribution in [0.25, 0.3) is 0 Å². The number of imide groups is 1. The largest absolute Gasteiger partial charge is 0.452 e. The lowest BCUT2D eigenvalue weighted by Gasteiger charge is -2.08. The average Bonchev–Trinajstić information content (AvgIpc) is 2.62. The summed E-state index contributed by atoms with van der Waals surface area (Å²) in [5, 5.41) is 4.72. The summed E-state index contributed by atoms with van der Waals surface area (Å²) in [5.41, 5.74) is 1.38. The van der Waals surface area contributed by atoms with Crippen LogP contribution in [0.15, 0.2) is 52.5 Å². The Bertz CT molecular complexity index is 778. The van der Waals surface area contributed by atoms with Crippen molar-refractivity contribution in [2.45, 2.75) is 16.8 Å². The van der Waals surface area contributed by atoms with E-state index in [9.17, 15) is 14.4 Å². The predicted molar refractivity (Wildman–Crippen MR) is 92.4 cm³/mol. The zero-order valence-electron chi connectivity index (χ0n) is 13.7. The third kappa shape index (κ3) is 5.61. The molecule has 2 rings (SSSR count). The Labute approximate surface area is 149 Å². The molecule has 25 heavy (non-hydrogen) atoms. The predicted octanol–water partition coefficient (Wildman–Crippen LogP) is 2.15. The standard InChI is InChI=1S/C17H17N3O4S/c1-11-5-7-12(8-6-11)25-15-13(4-3-9-19-15)16(22)24-10-14(21)20-17(23)18-2/h3-9H,10H2,1-2H3,(H2,18,20,21,23). The lowest BCUT2D eigenvalue weighted by atomic mass is 10.2. The number of nitrogens with one attached hydrogen (secondary N) is 2. The number of nitrogens with zero attached hydrogens (tertiary/aromatic N) is 1. The first-order valence-corrected chi connectivity index (χ1v) is 8.19. The quantitative estimate of drug-likeness (QED) is 0.794. The third-order valence-corrected chi connectivity index (χ3v) is 4.07. The molecule has 0 aliphatic rings. The minimum atomic E-state index is -0.718. The molecule has 0 aliphatic heterocycles. The number of urea groups is 1. The van der Waals surface area contributed by atoms with E-state index >= 15 is 0 Å². The van der Waals surface area contributed by atoms with E-state index in [1.54, 1.807) is 18.3 Å². The molecule has 3 amide bonds. The van der Waals surface area contributed by atoms with Gasteiger partial charge in [0.25, 0.3) is 5.91 Å². The maximum absolute atomic E-state index is 12.2. The van der Waals surface area contributed by atoms with Crippen LogP contribution in [0.3, 0.4) is 0 Å². The van der Waals surface area contributed by atoms with Gasteiger partial charge in [0, 0.05) is 18.1 Å². The van der Waals surface area contributed by atoms with Gasteiger partial charge in [0.05, 0.1) is 5.56 Å². The maximum Gasteiger partial charge on any atom is 0.341 e. The second kappa shape index (κ2) is 8.84. The Balaban J connectivity index is 2.03. The number of benzene rings is 1. The van der Waals surface area contributed by atoms with E-state index in [1.165, 1.54) is 18.8 Å². The van der Waals surface area contributed by atoms with Crippen molar-refractivity contribution in [2.75, 3.05) is 13.7 Å². The Hall–Kier alpha value is -2.87. The molecule has 1 aromatic carbocycles. The molecule has 0 fully saturated rings. The van der Waals surface area contributed by atoms with Gasteiger partial charge in [-0.2, -0.15) is 0 Å². The number of pyridine rings is 1. The molecule has 0 spiro atoms. The summed E-state index contributed by atoms with van der Waals surface area (Å²) in [5.74, 6) is -1.40. The molecule has 0 atom stereocenters. The molecule has 0 bridgehead atoms. The maximum atomic E-state index is 12.2. The molecule has 0 aliphatic carbocycles. The van der Waals surface area contributed by atoms with E-state index in [1.807, 2.05) is 36.5 Å². The van der Waals surface area contributed by atoms with Crippen molar-refractivity contribution in [3.05, 3.63) is 53.7 Å². The molecule has 0 saturated carbocycles. The van der Waals surface area contributed by atoms with Gasteiger partial charge < -0.3 is 10.1 Å². The molecule has 1 heterocycles. The molecular weight excluding hydrogens is 342 g/mol. The molecule has 0 radical (unpaired) electrons. The highest BCUT2D eigenvalue weighted by molar-refractivity contribution is 7.99. The number of carbonyl (C=O) groups excluding carboxylic acids is 3. The van der Waals surface area contributed by atoms with Crippen LogP contribution < -0.4 is 10.6 Å².